The summed E-state index contributed by atoms with van der Waals surface area (Å²) in [6.07, 6.45) is 5.87. The van der Waals surface area contributed by atoms with Crippen molar-refractivity contribution in [2.75, 3.05) is 7.11 Å². The fraction of sp³-hybridized carbons (Fsp3) is 0.222. The number of carbonyl (C=O) groups excluding carboxylic acids is 2. The Morgan fingerprint density at radius 2 is 2.08 bits per heavy atom. The van der Waals surface area contributed by atoms with E-state index in [0.717, 1.165) is 24.0 Å². The van der Waals surface area contributed by atoms with Crippen molar-refractivity contribution in [1.82, 2.24) is 15.3 Å². The third-order valence-corrected chi connectivity index (χ3v) is 4.17. The number of aromatic nitrogens is 2. The molecule has 0 saturated carbocycles. The van der Waals surface area contributed by atoms with Crippen LogP contribution in [0.5, 0.6) is 0 Å². The van der Waals surface area contributed by atoms with Crippen LogP contribution in [-0.2, 0) is 16.0 Å². The lowest BCUT2D eigenvalue weighted by atomic mass is 10.0. The van der Waals surface area contributed by atoms with Gasteiger partial charge >= 0.3 is 5.97 Å². The molecule has 1 aromatic heterocycles. The molecule has 1 unspecified atom stereocenters. The molecule has 3 rings (SSSR count). The first kappa shape index (κ1) is 16.6. The Hall–Kier alpha value is -3.22. The van der Waals surface area contributed by atoms with E-state index >= 15 is 0 Å². The third-order valence-electron chi connectivity index (χ3n) is 4.17. The van der Waals surface area contributed by atoms with E-state index in [1.807, 2.05) is 6.07 Å². The number of nitrogens with two attached hydrogens (primary N) is 1. The molecule has 1 aliphatic carbocycles. The molecule has 1 amide bonds. The van der Waals surface area contributed by atoms with E-state index in [4.69, 9.17) is 10.5 Å². The van der Waals surface area contributed by atoms with Crippen LogP contribution in [0.15, 0.2) is 42.9 Å². The highest BCUT2D eigenvalue weighted by molar-refractivity contribution is 6.18. The van der Waals surface area contributed by atoms with Crippen LogP contribution in [0.25, 0.3) is 5.57 Å². The minimum atomic E-state index is -0.403. The monoisotopic (exact) mass is 338 g/mol. The van der Waals surface area contributed by atoms with Crippen molar-refractivity contribution in [2.24, 2.45) is 5.73 Å². The van der Waals surface area contributed by atoms with E-state index in [-0.39, 0.29) is 23.3 Å². The predicted molar refractivity (Wildman–Crippen MR) is 91.2 cm³/mol. The molecule has 1 aromatic carbocycles. The number of amides is 1. The Kier molecular flexibility index (Phi) is 4.74. The summed E-state index contributed by atoms with van der Waals surface area (Å²) in [6, 6.07) is 6.86. The summed E-state index contributed by atoms with van der Waals surface area (Å²) >= 11 is 0. The summed E-state index contributed by atoms with van der Waals surface area (Å²) in [7, 11) is 1.34. The zero-order chi connectivity index (χ0) is 17.8. The number of nitrogens with one attached hydrogen (secondary N) is 1. The molecule has 0 spiro atoms. The van der Waals surface area contributed by atoms with Crippen LogP contribution in [-0.4, -0.2) is 29.0 Å². The van der Waals surface area contributed by atoms with Crippen molar-refractivity contribution in [3.05, 3.63) is 65.4 Å². The number of nitrogens with zero attached hydrogens (tertiary/aromatic N) is 2. The van der Waals surface area contributed by atoms with Crippen molar-refractivity contribution in [3.8, 4) is 0 Å². The molecule has 3 N–H and O–H groups in total. The van der Waals surface area contributed by atoms with Gasteiger partial charge in [-0.05, 0) is 42.2 Å². The van der Waals surface area contributed by atoms with Gasteiger partial charge in [-0.3, -0.25) is 4.79 Å². The molecular weight excluding hydrogens is 320 g/mol. The second-order valence-corrected chi connectivity index (χ2v) is 5.62. The number of fused-ring (bicyclic) bond motifs is 1. The number of methoxy groups -OCH3 is 1. The van der Waals surface area contributed by atoms with Crippen LogP contribution >= 0.6 is 0 Å². The van der Waals surface area contributed by atoms with Gasteiger partial charge in [0.2, 0.25) is 0 Å². The first-order chi connectivity index (χ1) is 12.1. The maximum Gasteiger partial charge on any atom is 0.337 e. The lowest BCUT2D eigenvalue weighted by Crippen LogP contribution is -2.29. The van der Waals surface area contributed by atoms with Gasteiger partial charge in [0.25, 0.3) is 5.91 Å². The number of benzene rings is 1. The molecule has 25 heavy (non-hydrogen) atoms. The highest BCUT2D eigenvalue weighted by Gasteiger charge is 2.27. The van der Waals surface area contributed by atoms with Crippen molar-refractivity contribution in [1.29, 1.82) is 0 Å². The van der Waals surface area contributed by atoms with Crippen LogP contribution < -0.4 is 11.1 Å². The fourth-order valence-electron chi connectivity index (χ4n) is 2.92. The molecule has 0 bridgehead atoms. The van der Waals surface area contributed by atoms with E-state index < -0.39 is 5.97 Å². The highest BCUT2D eigenvalue weighted by atomic mass is 16.5. The normalized spacial score (nSPS) is 16.2. The molecule has 7 heteroatoms. The topological polar surface area (TPSA) is 107 Å². The number of hydrogen-bond acceptors (Lipinski definition) is 6. The van der Waals surface area contributed by atoms with Gasteiger partial charge in [-0.2, -0.15) is 0 Å². The van der Waals surface area contributed by atoms with Gasteiger partial charge in [-0.1, -0.05) is 6.07 Å². The molecule has 0 saturated heterocycles. The van der Waals surface area contributed by atoms with Crippen molar-refractivity contribution in [2.45, 2.75) is 18.9 Å². The number of rotatable bonds is 4. The van der Waals surface area contributed by atoms with Crippen LogP contribution in [0.1, 0.15) is 39.8 Å². The fourth-order valence-corrected chi connectivity index (χ4v) is 2.92. The summed E-state index contributed by atoms with van der Waals surface area (Å²) in [5.41, 5.74) is 8.28. The summed E-state index contributed by atoms with van der Waals surface area (Å²) in [5, 5.41) is 2.95. The van der Waals surface area contributed by atoms with E-state index in [1.165, 1.54) is 13.3 Å². The Morgan fingerprint density at radius 1 is 1.32 bits per heavy atom. The molecular formula is C18H18N4O3. The van der Waals surface area contributed by atoms with Crippen molar-refractivity contribution < 1.29 is 14.3 Å². The average molecular weight is 338 g/mol. The van der Waals surface area contributed by atoms with Gasteiger partial charge < -0.3 is 15.8 Å². The summed E-state index contributed by atoms with van der Waals surface area (Å²) in [4.78, 5) is 32.4. The number of hydrogen-bond donors (Lipinski definition) is 2. The molecule has 1 heterocycles. The number of ether oxygens (including phenoxy) is 1. The molecule has 0 radical (unpaired) electrons. The maximum absolute atomic E-state index is 12.6. The minimum absolute atomic E-state index is 0.203. The molecule has 0 aliphatic heterocycles. The molecule has 128 valence electrons. The van der Waals surface area contributed by atoms with E-state index in [0.29, 0.717) is 5.56 Å². The molecule has 1 atom stereocenters. The second kappa shape index (κ2) is 7.12. The highest BCUT2D eigenvalue weighted by Crippen LogP contribution is 2.32. The van der Waals surface area contributed by atoms with Gasteiger partial charge in [0, 0.05) is 18.6 Å². The third kappa shape index (κ3) is 3.35. The van der Waals surface area contributed by atoms with Crippen molar-refractivity contribution >= 4 is 17.4 Å². The smallest absolute Gasteiger partial charge is 0.337 e. The predicted octanol–water partition coefficient (Wildman–Crippen LogP) is 1.37. The first-order valence-electron chi connectivity index (χ1n) is 7.85. The van der Waals surface area contributed by atoms with Gasteiger partial charge in [0.1, 0.15) is 0 Å². The molecule has 2 aromatic rings. The largest absolute Gasteiger partial charge is 0.465 e. The summed E-state index contributed by atoms with van der Waals surface area (Å²) in [6.45, 7) is 0. The zero-order valence-electron chi connectivity index (χ0n) is 13.7. The zero-order valence-corrected chi connectivity index (χ0v) is 13.7. The van der Waals surface area contributed by atoms with Gasteiger partial charge in [-0.15, -0.1) is 0 Å². The standard InChI is InChI=1S/C18H18N4O3/c1-25-18(24)12-4-3-11-5-6-15(13(11)9-12)22-17(23)14(10-19)16-20-7-2-8-21-16/h2-4,7-10,15H,5-6,19H2,1H3,(H,22,23). The SMILES string of the molecule is COC(=O)c1ccc2c(c1)C(NC(=O)C(=CN)c1ncccn1)CC2. The Bertz CT molecular complexity index is 833. The van der Waals surface area contributed by atoms with Crippen LogP contribution in [0.2, 0.25) is 0 Å². The van der Waals surface area contributed by atoms with E-state index in [9.17, 15) is 9.59 Å². The molecule has 7 nitrogen and oxygen atoms in total. The summed E-state index contributed by atoms with van der Waals surface area (Å²) in [5.74, 6) is -0.487. The lowest BCUT2D eigenvalue weighted by Gasteiger charge is -2.15. The molecule has 0 fully saturated rings. The van der Waals surface area contributed by atoms with Crippen molar-refractivity contribution in [3.63, 3.8) is 0 Å². The Balaban J connectivity index is 1.81. The van der Waals surface area contributed by atoms with Crippen LogP contribution in [0.3, 0.4) is 0 Å². The van der Waals surface area contributed by atoms with Gasteiger partial charge in [0.05, 0.1) is 24.3 Å². The maximum atomic E-state index is 12.6. The van der Waals surface area contributed by atoms with E-state index in [2.05, 4.69) is 15.3 Å². The number of esters is 1. The van der Waals surface area contributed by atoms with Crippen LogP contribution in [0.4, 0.5) is 0 Å². The lowest BCUT2D eigenvalue weighted by molar-refractivity contribution is -0.116. The average Bonchev–Trinajstić information content (AvgIpc) is 3.04. The number of aryl methyl sites for hydroxylation is 1. The van der Waals surface area contributed by atoms with Crippen LogP contribution in [0, 0.1) is 0 Å². The van der Waals surface area contributed by atoms with Gasteiger partial charge in [-0.25, -0.2) is 14.8 Å². The van der Waals surface area contributed by atoms with E-state index in [1.54, 1.807) is 30.6 Å². The first-order valence-corrected chi connectivity index (χ1v) is 7.85. The summed E-state index contributed by atoms with van der Waals surface area (Å²) < 4.78 is 4.76. The number of carbonyl (C=O) groups is 2. The molecule has 1 aliphatic rings. The Labute approximate surface area is 144 Å². The minimum Gasteiger partial charge on any atom is -0.465 e. The Morgan fingerprint density at radius 3 is 2.76 bits per heavy atom. The quantitative estimate of drug-likeness (QED) is 0.644. The second-order valence-electron chi connectivity index (χ2n) is 5.62. The van der Waals surface area contributed by atoms with Gasteiger partial charge in [0.15, 0.2) is 5.82 Å².